The molecule has 0 amide bonds. The second-order valence-corrected chi connectivity index (χ2v) is 7.53. The monoisotopic (exact) mass is 314 g/mol. The smallest absolute Gasteiger partial charge is 0.183 e. The van der Waals surface area contributed by atoms with Gasteiger partial charge in [0.25, 0.3) is 0 Å². The molecule has 20 heavy (non-hydrogen) atoms. The van der Waals surface area contributed by atoms with E-state index in [0.29, 0.717) is 24.5 Å². The third-order valence-electron chi connectivity index (χ3n) is 2.77. The number of ether oxygens (including phenoxy) is 1. The molecule has 5 nitrogen and oxygen atoms in total. The Labute approximate surface area is 122 Å². The van der Waals surface area contributed by atoms with E-state index in [4.69, 9.17) is 4.74 Å². The van der Waals surface area contributed by atoms with Crippen molar-refractivity contribution < 1.29 is 13.2 Å². The van der Waals surface area contributed by atoms with Crippen LogP contribution in [-0.4, -0.2) is 39.4 Å². The SMILES string of the molecule is CCCS(=O)(=O)c1ccc2nc(NCCOC)sc2c1. The van der Waals surface area contributed by atoms with E-state index in [1.54, 1.807) is 25.3 Å². The Hall–Kier alpha value is -1.18. The number of hydrogen-bond donors (Lipinski definition) is 1. The molecule has 0 aliphatic rings. The number of hydrogen-bond acceptors (Lipinski definition) is 6. The molecule has 1 heterocycles. The van der Waals surface area contributed by atoms with Crippen LogP contribution in [0.25, 0.3) is 10.2 Å². The van der Waals surface area contributed by atoms with Gasteiger partial charge in [0.05, 0.1) is 27.5 Å². The lowest BCUT2D eigenvalue weighted by Crippen LogP contribution is -2.06. The molecule has 0 unspecified atom stereocenters. The Bertz CT molecular complexity index is 680. The predicted molar refractivity (Wildman–Crippen MR) is 82.3 cm³/mol. The molecule has 0 atom stereocenters. The number of fused-ring (bicyclic) bond motifs is 1. The van der Waals surface area contributed by atoms with Crippen LogP contribution in [0, 0.1) is 0 Å². The summed E-state index contributed by atoms with van der Waals surface area (Å²) in [5, 5.41) is 3.93. The van der Waals surface area contributed by atoms with E-state index >= 15 is 0 Å². The first-order valence-electron chi connectivity index (χ1n) is 6.43. The molecule has 0 aliphatic carbocycles. The van der Waals surface area contributed by atoms with E-state index in [9.17, 15) is 8.42 Å². The zero-order valence-electron chi connectivity index (χ0n) is 11.5. The Morgan fingerprint density at radius 2 is 2.20 bits per heavy atom. The average Bonchev–Trinajstić information content (AvgIpc) is 2.80. The molecule has 2 rings (SSSR count). The molecule has 1 N–H and O–H groups in total. The van der Waals surface area contributed by atoms with Crippen molar-refractivity contribution in [3.8, 4) is 0 Å². The van der Waals surface area contributed by atoms with Crippen molar-refractivity contribution >= 4 is 36.5 Å². The molecular formula is C13H18N2O3S2. The fraction of sp³-hybridized carbons (Fsp3) is 0.462. The first kappa shape index (κ1) is 15.2. The number of anilines is 1. The molecule has 0 saturated heterocycles. The zero-order valence-corrected chi connectivity index (χ0v) is 13.2. The van der Waals surface area contributed by atoms with Crippen LogP contribution in [0.3, 0.4) is 0 Å². The number of nitrogens with one attached hydrogen (secondary N) is 1. The van der Waals surface area contributed by atoms with E-state index in [2.05, 4.69) is 10.3 Å². The highest BCUT2D eigenvalue weighted by Gasteiger charge is 2.14. The first-order chi connectivity index (χ1) is 9.56. The van der Waals surface area contributed by atoms with Gasteiger partial charge in [0.15, 0.2) is 15.0 Å². The lowest BCUT2D eigenvalue weighted by Gasteiger charge is -2.01. The van der Waals surface area contributed by atoms with Crippen molar-refractivity contribution in [2.45, 2.75) is 18.2 Å². The van der Waals surface area contributed by atoms with Gasteiger partial charge in [-0.1, -0.05) is 18.3 Å². The van der Waals surface area contributed by atoms with Crippen molar-refractivity contribution in [1.82, 2.24) is 4.98 Å². The minimum Gasteiger partial charge on any atom is -0.383 e. The molecule has 7 heteroatoms. The summed E-state index contributed by atoms with van der Waals surface area (Å²) in [6.45, 7) is 3.14. The molecule has 2 aromatic rings. The third-order valence-corrected chi connectivity index (χ3v) is 5.67. The van der Waals surface area contributed by atoms with Gasteiger partial charge in [-0.2, -0.15) is 0 Å². The molecule has 0 spiro atoms. The fourth-order valence-corrected chi connectivity index (χ4v) is 4.17. The number of methoxy groups -OCH3 is 1. The van der Waals surface area contributed by atoms with Crippen molar-refractivity contribution in [3.05, 3.63) is 18.2 Å². The normalized spacial score (nSPS) is 11.9. The largest absolute Gasteiger partial charge is 0.383 e. The van der Waals surface area contributed by atoms with Crippen LogP contribution in [0.2, 0.25) is 0 Å². The van der Waals surface area contributed by atoms with Gasteiger partial charge in [-0.15, -0.1) is 0 Å². The number of nitrogens with zero attached hydrogens (tertiary/aromatic N) is 1. The van der Waals surface area contributed by atoms with Gasteiger partial charge >= 0.3 is 0 Å². The summed E-state index contributed by atoms with van der Waals surface area (Å²) in [4.78, 5) is 4.78. The molecule has 110 valence electrons. The number of rotatable bonds is 7. The maximum atomic E-state index is 12.0. The molecule has 0 radical (unpaired) electrons. The second kappa shape index (κ2) is 6.51. The number of thiazole rings is 1. The molecule has 0 fully saturated rings. The number of aromatic nitrogens is 1. The molecule has 1 aromatic heterocycles. The van der Waals surface area contributed by atoms with Gasteiger partial charge in [-0.05, 0) is 24.6 Å². The highest BCUT2D eigenvalue weighted by atomic mass is 32.2. The molecule has 0 bridgehead atoms. The number of sulfone groups is 1. The summed E-state index contributed by atoms with van der Waals surface area (Å²) in [6.07, 6.45) is 0.618. The molecule has 0 aliphatic heterocycles. The van der Waals surface area contributed by atoms with Crippen molar-refractivity contribution in [2.75, 3.05) is 31.3 Å². The molecular weight excluding hydrogens is 296 g/mol. The van der Waals surface area contributed by atoms with E-state index in [1.165, 1.54) is 11.3 Å². The highest BCUT2D eigenvalue weighted by molar-refractivity contribution is 7.91. The Morgan fingerprint density at radius 3 is 2.90 bits per heavy atom. The van der Waals surface area contributed by atoms with Gasteiger partial charge in [0.1, 0.15) is 0 Å². The van der Waals surface area contributed by atoms with E-state index < -0.39 is 9.84 Å². The summed E-state index contributed by atoms with van der Waals surface area (Å²) >= 11 is 1.45. The van der Waals surface area contributed by atoms with Crippen LogP contribution in [-0.2, 0) is 14.6 Å². The van der Waals surface area contributed by atoms with Gasteiger partial charge in [-0.3, -0.25) is 0 Å². The van der Waals surface area contributed by atoms with E-state index in [0.717, 1.165) is 15.3 Å². The topological polar surface area (TPSA) is 68.3 Å². The Kier molecular flexibility index (Phi) is 4.95. The number of benzene rings is 1. The summed E-state index contributed by atoms with van der Waals surface area (Å²) in [6, 6.07) is 5.10. The van der Waals surface area contributed by atoms with Gasteiger partial charge in [0.2, 0.25) is 0 Å². The summed E-state index contributed by atoms with van der Waals surface area (Å²) in [5.41, 5.74) is 0.811. The van der Waals surface area contributed by atoms with Crippen LogP contribution < -0.4 is 5.32 Å². The Balaban J connectivity index is 2.26. The Morgan fingerprint density at radius 1 is 1.40 bits per heavy atom. The van der Waals surface area contributed by atoms with Crippen molar-refractivity contribution in [2.24, 2.45) is 0 Å². The maximum Gasteiger partial charge on any atom is 0.183 e. The summed E-state index contributed by atoms with van der Waals surface area (Å²) < 4.78 is 29.9. The lowest BCUT2D eigenvalue weighted by atomic mass is 10.3. The quantitative estimate of drug-likeness (QED) is 0.795. The van der Waals surface area contributed by atoms with Crippen molar-refractivity contribution in [1.29, 1.82) is 0 Å². The third kappa shape index (κ3) is 3.47. The molecule has 1 aromatic carbocycles. The highest BCUT2D eigenvalue weighted by Crippen LogP contribution is 2.28. The van der Waals surface area contributed by atoms with E-state index in [-0.39, 0.29) is 5.75 Å². The van der Waals surface area contributed by atoms with Gasteiger partial charge in [0, 0.05) is 13.7 Å². The van der Waals surface area contributed by atoms with Crippen LogP contribution >= 0.6 is 11.3 Å². The minimum absolute atomic E-state index is 0.177. The lowest BCUT2D eigenvalue weighted by molar-refractivity contribution is 0.211. The van der Waals surface area contributed by atoms with E-state index in [1.807, 2.05) is 6.92 Å². The summed E-state index contributed by atoms with van der Waals surface area (Å²) in [7, 11) is -1.53. The average molecular weight is 314 g/mol. The fourth-order valence-electron chi connectivity index (χ4n) is 1.82. The molecule has 0 saturated carbocycles. The second-order valence-electron chi connectivity index (χ2n) is 4.39. The van der Waals surface area contributed by atoms with Crippen molar-refractivity contribution in [3.63, 3.8) is 0 Å². The zero-order chi connectivity index (χ0) is 14.6. The standard InChI is InChI=1S/C13H18N2O3S2/c1-3-8-20(16,17)10-4-5-11-12(9-10)19-13(15-11)14-6-7-18-2/h4-5,9H,3,6-8H2,1-2H3,(H,14,15). The predicted octanol–water partition coefficient (Wildman–Crippen LogP) is 2.54. The summed E-state index contributed by atoms with van der Waals surface area (Å²) in [5.74, 6) is 0.177. The van der Waals surface area contributed by atoms with Crippen LogP contribution in [0.4, 0.5) is 5.13 Å². The van der Waals surface area contributed by atoms with Crippen LogP contribution in [0.15, 0.2) is 23.1 Å². The van der Waals surface area contributed by atoms with Crippen LogP contribution in [0.1, 0.15) is 13.3 Å². The van der Waals surface area contributed by atoms with Gasteiger partial charge in [-0.25, -0.2) is 13.4 Å². The minimum atomic E-state index is -3.17. The van der Waals surface area contributed by atoms with Gasteiger partial charge < -0.3 is 10.1 Å². The first-order valence-corrected chi connectivity index (χ1v) is 8.90. The maximum absolute atomic E-state index is 12.0. The van der Waals surface area contributed by atoms with Crippen LogP contribution in [0.5, 0.6) is 0 Å².